The topological polar surface area (TPSA) is 41.1 Å². The molecule has 3 nitrogen and oxygen atoms in total. The first kappa shape index (κ1) is 15.0. The standard InChI is InChI=1S/C16H23FN2O/c17-15-6-3-13(4-7-15)9-11-19-16(20)8-5-14-2-1-10-18-12-14/h3-4,6-7,14,18H,1-2,5,8-12H2,(H,19,20). The number of carbonyl (C=O) groups is 1. The summed E-state index contributed by atoms with van der Waals surface area (Å²) in [5.41, 5.74) is 1.04. The molecule has 0 radical (unpaired) electrons. The Bertz CT molecular complexity index is 413. The zero-order valence-corrected chi connectivity index (χ0v) is 11.8. The van der Waals surface area contributed by atoms with E-state index in [0.717, 1.165) is 31.5 Å². The molecule has 1 fully saturated rings. The summed E-state index contributed by atoms with van der Waals surface area (Å²) in [5, 5.41) is 6.30. The quantitative estimate of drug-likeness (QED) is 0.838. The summed E-state index contributed by atoms with van der Waals surface area (Å²) in [7, 11) is 0. The Hall–Kier alpha value is -1.42. The van der Waals surface area contributed by atoms with E-state index in [4.69, 9.17) is 0 Å². The highest BCUT2D eigenvalue weighted by Crippen LogP contribution is 2.15. The Kier molecular flexibility index (Phi) is 5.99. The molecular formula is C16H23FN2O. The van der Waals surface area contributed by atoms with Crippen molar-refractivity contribution in [2.75, 3.05) is 19.6 Å². The van der Waals surface area contributed by atoms with Crippen LogP contribution in [0.3, 0.4) is 0 Å². The van der Waals surface area contributed by atoms with E-state index in [-0.39, 0.29) is 11.7 Å². The van der Waals surface area contributed by atoms with Crippen LogP contribution in [0.1, 0.15) is 31.2 Å². The lowest BCUT2D eigenvalue weighted by atomic mass is 9.94. The third-order valence-electron chi connectivity index (χ3n) is 3.83. The van der Waals surface area contributed by atoms with Gasteiger partial charge in [-0.2, -0.15) is 0 Å². The summed E-state index contributed by atoms with van der Waals surface area (Å²) < 4.78 is 12.7. The molecule has 2 rings (SSSR count). The molecule has 1 aliphatic rings. The van der Waals surface area contributed by atoms with Gasteiger partial charge in [0.05, 0.1) is 0 Å². The second-order valence-corrected chi connectivity index (χ2v) is 5.48. The first-order chi connectivity index (χ1) is 9.74. The molecule has 0 bridgehead atoms. The molecule has 4 heteroatoms. The molecule has 20 heavy (non-hydrogen) atoms. The monoisotopic (exact) mass is 278 g/mol. The molecule has 1 unspecified atom stereocenters. The minimum Gasteiger partial charge on any atom is -0.356 e. The van der Waals surface area contributed by atoms with E-state index in [2.05, 4.69) is 10.6 Å². The summed E-state index contributed by atoms with van der Waals surface area (Å²) in [6.45, 7) is 2.77. The Morgan fingerprint density at radius 2 is 2.15 bits per heavy atom. The van der Waals surface area contributed by atoms with Gasteiger partial charge in [0.25, 0.3) is 0 Å². The fourth-order valence-corrected chi connectivity index (χ4v) is 2.59. The van der Waals surface area contributed by atoms with Gasteiger partial charge in [0, 0.05) is 13.0 Å². The second kappa shape index (κ2) is 8.00. The number of nitrogens with one attached hydrogen (secondary N) is 2. The van der Waals surface area contributed by atoms with Crippen molar-refractivity contribution >= 4 is 5.91 Å². The third kappa shape index (κ3) is 5.29. The summed E-state index contributed by atoms with van der Waals surface area (Å²) in [6, 6.07) is 6.42. The SMILES string of the molecule is O=C(CCC1CCCNC1)NCCc1ccc(F)cc1. The number of amides is 1. The Balaban J connectivity index is 1.58. The highest BCUT2D eigenvalue weighted by atomic mass is 19.1. The molecule has 1 aromatic carbocycles. The molecule has 1 aromatic rings. The van der Waals surface area contributed by atoms with Crippen molar-refractivity contribution in [2.24, 2.45) is 5.92 Å². The van der Waals surface area contributed by atoms with Gasteiger partial charge in [0.15, 0.2) is 0 Å². The van der Waals surface area contributed by atoms with Crippen LogP contribution in [-0.4, -0.2) is 25.5 Å². The van der Waals surface area contributed by atoms with Crippen LogP contribution in [0.25, 0.3) is 0 Å². The molecule has 0 spiro atoms. The lowest BCUT2D eigenvalue weighted by molar-refractivity contribution is -0.121. The Morgan fingerprint density at radius 3 is 2.85 bits per heavy atom. The molecule has 0 aliphatic carbocycles. The van der Waals surface area contributed by atoms with Crippen LogP contribution >= 0.6 is 0 Å². The molecule has 0 saturated carbocycles. The van der Waals surface area contributed by atoms with Crippen LogP contribution in [0, 0.1) is 11.7 Å². The van der Waals surface area contributed by atoms with Crippen molar-refractivity contribution in [3.63, 3.8) is 0 Å². The fourth-order valence-electron chi connectivity index (χ4n) is 2.59. The number of benzene rings is 1. The Labute approximate surface area is 120 Å². The van der Waals surface area contributed by atoms with Gasteiger partial charge >= 0.3 is 0 Å². The van der Waals surface area contributed by atoms with Crippen molar-refractivity contribution < 1.29 is 9.18 Å². The average molecular weight is 278 g/mol. The molecule has 110 valence electrons. The average Bonchev–Trinajstić information content (AvgIpc) is 2.48. The van der Waals surface area contributed by atoms with E-state index in [0.29, 0.717) is 18.9 Å². The summed E-state index contributed by atoms with van der Waals surface area (Å²) in [5.74, 6) is 0.545. The lowest BCUT2D eigenvalue weighted by Gasteiger charge is -2.22. The summed E-state index contributed by atoms with van der Waals surface area (Å²) in [6.07, 6.45) is 4.77. The smallest absolute Gasteiger partial charge is 0.220 e. The van der Waals surface area contributed by atoms with Gasteiger partial charge < -0.3 is 10.6 Å². The van der Waals surface area contributed by atoms with Crippen LogP contribution in [0.15, 0.2) is 24.3 Å². The fraction of sp³-hybridized carbons (Fsp3) is 0.562. The van der Waals surface area contributed by atoms with Crippen LogP contribution in [0.5, 0.6) is 0 Å². The van der Waals surface area contributed by atoms with Gasteiger partial charge in [-0.25, -0.2) is 4.39 Å². The normalized spacial score (nSPS) is 18.8. The first-order valence-corrected chi connectivity index (χ1v) is 7.46. The second-order valence-electron chi connectivity index (χ2n) is 5.48. The highest BCUT2D eigenvalue weighted by Gasteiger charge is 2.14. The van der Waals surface area contributed by atoms with Crippen molar-refractivity contribution in [3.05, 3.63) is 35.6 Å². The number of halogens is 1. The molecule has 2 N–H and O–H groups in total. The van der Waals surface area contributed by atoms with Crippen LogP contribution in [0.2, 0.25) is 0 Å². The summed E-state index contributed by atoms with van der Waals surface area (Å²) >= 11 is 0. The van der Waals surface area contributed by atoms with Gasteiger partial charge in [-0.05, 0) is 62.4 Å². The predicted octanol–water partition coefficient (Wildman–Crippen LogP) is 2.26. The Morgan fingerprint density at radius 1 is 1.35 bits per heavy atom. The molecule has 1 heterocycles. The molecule has 1 aliphatic heterocycles. The number of hydrogen-bond donors (Lipinski definition) is 2. The maximum Gasteiger partial charge on any atom is 0.220 e. The third-order valence-corrected chi connectivity index (χ3v) is 3.83. The highest BCUT2D eigenvalue weighted by molar-refractivity contribution is 5.75. The van der Waals surface area contributed by atoms with Gasteiger partial charge in [-0.3, -0.25) is 4.79 Å². The number of piperidine rings is 1. The number of rotatable bonds is 6. The van der Waals surface area contributed by atoms with Gasteiger partial charge in [0.1, 0.15) is 5.82 Å². The van der Waals surface area contributed by atoms with Crippen molar-refractivity contribution in [3.8, 4) is 0 Å². The van der Waals surface area contributed by atoms with Gasteiger partial charge in [-0.1, -0.05) is 12.1 Å². The van der Waals surface area contributed by atoms with Crippen LogP contribution in [0.4, 0.5) is 4.39 Å². The van der Waals surface area contributed by atoms with E-state index < -0.39 is 0 Å². The maximum atomic E-state index is 12.7. The molecule has 0 aromatic heterocycles. The number of hydrogen-bond acceptors (Lipinski definition) is 2. The minimum atomic E-state index is -0.223. The number of carbonyl (C=O) groups excluding carboxylic acids is 1. The summed E-state index contributed by atoms with van der Waals surface area (Å²) in [4.78, 5) is 11.7. The predicted molar refractivity (Wildman–Crippen MR) is 77.9 cm³/mol. The van der Waals surface area contributed by atoms with Crippen molar-refractivity contribution in [2.45, 2.75) is 32.1 Å². The minimum absolute atomic E-state index is 0.123. The maximum absolute atomic E-state index is 12.7. The van der Waals surface area contributed by atoms with Crippen LogP contribution in [-0.2, 0) is 11.2 Å². The van der Waals surface area contributed by atoms with E-state index in [1.165, 1.54) is 25.0 Å². The molecule has 1 saturated heterocycles. The zero-order valence-electron chi connectivity index (χ0n) is 11.8. The zero-order chi connectivity index (χ0) is 14.2. The van der Waals surface area contributed by atoms with Gasteiger partial charge in [-0.15, -0.1) is 0 Å². The van der Waals surface area contributed by atoms with Crippen molar-refractivity contribution in [1.29, 1.82) is 0 Å². The molecule has 1 amide bonds. The van der Waals surface area contributed by atoms with E-state index in [1.807, 2.05) is 0 Å². The largest absolute Gasteiger partial charge is 0.356 e. The van der Waals surface area contributed by atoms with Crippen LogP contribution < -0.4 is 10.6 Å². The first-order valence-electron chi connectivity index (χ1n) is 7.46. The van der Waals surface area contributed by atoms with E-state index in [9.17, 15) is 9.18 Å². The van der Waals surface area contributed by atoms with Gasteiger partial charge in [0.2, 0.25) is 5.91 Å². The molecule has 1 atom stereocenters. The van der Waals surface area contributed by atoms with E-state index >= 15 is 0 Å². The van der Waals surface area contributed by atoms with Crippen molar-refractivity contribution in [1.82, 2.24) is 10.6 Å². The lowest BCUT2D eigenvalue weighted by Crippen LogP contribution is -2.31. The van der Waals surface area contributed by atoms with E-state index in [1.54, 1.807) is 12.1 Å². The molecular weight excluding hydrogens is 255 g/mol.